The largest absolute Gasteiger partial charge is 0.481 e. The molecule has 19 heavy (non-hydrogen) atoms. The van der Waals surface area contributed by atoms with E-state index in [2.05, 4.69) is 34.1 Å². The average molecular weight is 361 g/mol. The van der Waals surface area contributed by atoms with Crippen LogP contribution in [0.15, 0.2) is 33.6 Å². The molecule has 2 nitrogen and oxygen atoms in total. The fraction of sp³-hybridized carbons (Fsp3) is 0.500. The smallest absolute Gasteiger partial charge is 0.313 e. The molecule has 1 N–H and O–H groups in total. The Morgan fingerprint density at radius 3 is 2.63 bits per heavy atom. The van der Waals surface area contributed by atoms with E-state index < -0.39 is 5.97 Å². The van der Waals surface area contributed by atoms with E-state index in [-0.39, 0.29) is 5.75 Å². The number of aliphatic carboxylic acids is 1. The van der Waals surface area contributed by atoms with E-state index in [1.54, 1.807) is 11.8 Å². The van der Waals surface area contributed by atoms with Gasteiger partial charge >= 0.3 is 5.97 Å². The molecule has 0 aliphatic heterocycles. The van der Waals surface area contributed by atoms with Gasteiger partial charge in [-0.25, -0.2) is 0 Å². The zero-order chi connectivity index (χ0) is 13.7. The number of benzene rings is 1. The van der Waals surface area contributed by atoms with Crippen molar-refractivity contribution < 1.29 is 9.90 Å². The highest BCUT2D eigenvalue weighted by molar-refractivity contribution is 9.10. The number of carboxylic acids is 1. The molecular formula is C14H17BrO2S2. The third-order valence-electron chi connectivity index (χ3n) is 3.18. The molecule has 0 amide bonds. The van der Waals surface area contributed by atoms with Crippen LogP contribution in [-0.4, -0.2) is 27.3 Å². The van der Waals surface area contributed by atoms with E-state index in [4.69, 9.17) is 5.11 Å². The molecule has 1 saturated carbocycles. The van der Waals surface area contributed by atoms with Gasteiger partial charge in [-0.2, -0.15) is 0 Å². The summed E-state index contributed by atoms with van der Waals surface area (Å²) in [7, 11) is 0. The highest BCUT2D eigenvalue weighted by Gasteiger charge is 2.27. The van der Waals surface area contributed by atoms with Crippen molar-refractivity contribution >= 4 is 45.4 Å². The summed E-state index contributed by atoms with van der Waals surface area (Å²) in [5.41, 5.74) is 0. The van der Waals surface area contributed by atoms with Crippen LogP contribution in [0.1, 0.15) is 25.7 Å². The molecule has 0 spiro atoms. The van der Waals surface area contributed by atoms with Gasteiger partial charge in [-0.15, -0.1) is 23.5 Å². The summed E-state index contributed by atoms with van der Waals surface area (Å²) in [6, 6.07) is 8.26. The monoisotopic (exact) mass is 360 g/mol. The Kier molecular flexibility index (Phi) is 6.10. The summed E-state index contributed by atoms with van der Waals surface area (Å²) in [4.78, 5) is 12.0. The molecule has 5 heteroatoms. The molecule has 1 aromatic carbocycles. The second-order valence-corrected chi connectivity index (χ2v) is 7.98. The Bertz CT molecular complexity index is 439. The summed E-state index contributed by atoms with van der Waals surface area (Å²) < 4.78 is 1.13. The molecule has 0 radical (unpaired) electrons. The lowest BCUT2D eigenvalue weighted by atomic mass is 10.00. The molecule has 1 fully saturated rings. The second kappa shape index (κ2) is 7.60. The highest BCUT2D eigenvalue weighted by atomic mass is 79.9. The third-order valence-corrected chi connectivity index (χ3v) is 7.19. The summed E-state index contributed by atoms with van der Waals surface area (Å²) >= 11 is 7.08. The summed E-state index contributed by atoms with van der Waals surface area (Å²) in [5, 5.41) is 9.81. The lowest BCUT2D eigenvalue weighted by Gasteiger charge is -2.30. The van der Waals surface area contributed by atoms with Gasteiger partial charge in [-0.3, -0.25) is 4.79 Å². The molecule has 0 heterocycles. The number of hydrogen-bond acceptors (Lipinski definition) is 3. The quantitative estimate of drug-likeness (QED) is 0.827. The van der Waals surface area contributed by atoms with Crippen LogP contribution in [0.2, 0.25) is 0 Å². The molecule has 2 rings (SSSR count). The van der Waals surface area contributed by atoms with E-state index in [1.165, 1.54) is 24.2 Å². The first-order valence-electron chi connectivity index (χ1n) is 6.41. The fourth-order valence-corrected chi connectivity index (χ4v) is 5.51. The predicted molar refractivity (Wildman–Crippen MR) is 86.1 cm³/mol. The third kappa shape index (κ3) is 4.72. The SMILES string of the molecule is O=C(O)CSC1CCCCC1Sc1ccccc1Br. The van der Waals surface area contributed by atoms with E-state index in [0.29, 0.717) is 10.5 Å². The van der Waals surface area contributed by atoms with Crippen LogP contribution in [0, 0.1) is 0 Å². The maximum absolute atomic E-state index is 10.7. The van der Waals surface area contributed by atoms with Gasteiger partial charge < -0.3 is 5.11 Å². The minimum absolute atomic E-state index is 0.220. The van der Waals surface area contributed by atoms with Crippen molar-refractivity contribution in [3.63, 3.8) is 0 Å². The molecule has 1 aliphatic carbocycles. The number of halogens is 1. The Hall–Kier alpha value is -0.130. The van der Waals surface area contributed by atoms with Gasteiger partial charge in [0.05, 0.1) is 5.75 Å². The summed E-state index contributed by atoms with van der Waals surface area (Å²) in [6.07, 6.45) is 4.81. The number of carboxylic acid groups (broad SMARTS) is 1. The maximum Gasteiger partial charge on any atom is 0.313 e. The van der Waals surface area contributed by atoms with Crippen molar-refractivity contribution in [1.29, 1.82) is 0 Å². The van der Waals surface area contributed by atoms with Crippen molar-refractivity contribution in [3.05, 3.63) is 28.7 Å². The summed E-state index contributed by atoms with van der Waals surface area (Å²) in [5.74, 6) is -0.488. The van der Waals surface area contributed by atoms with Gasteiger partial charge in [-0.1, -0.05) is 25.0 Å². The van der Waals surface area contributed by atoms with Crippen LogP contribution >= 0.6 is 39.5 Å². The van der Waals surface area contributed by atoms with Gasteiger partial charge in [0.15, 0.2) is 0 Å². The molecule has 1 aliphatic rings. The molecule has 2 unspecified atom stereocenters. The first kappa shape index (κ1) is 15.3. The van der Waals surface area contributed by atoms with E-state index in [9.17, 15) is 4.79 Å². The van der Waals surface area contributed by atoms with Gasteiger partial charge in [0, 0.05) is 19.9 Å². The van der Waals surface area contributed by atoms with E-state index in [0.717, 1.165) is 10.9 Å². The van der Waals surface area contributed by atoms with Crippen molar-refractivity contribution in [1.82, 2.24) is 0 Å². The Morgan fingerprint density at radius 1 is 1.26 bits per heavy atom. The zero-order valence-corrected chi connectivity index (χ0v) is 13.8. The van der Waals surface area contributed by atoms with Crippen LogP contribution in [0.5, 0.6) is 0 Å². The average Bonchev–Trinajstić information content (AvgIpc) is 2.40. The fourth-order valence-electron chi connectivity index (χ4n) is 2.27. The minimum atomic E-state index is -0.708. The molecule has 1 aromatic rings. The zero-order valence-electron chi connectivity index (χ0n) is 10.5. The summed E-state index contributed by atoms with van der Waals surface area (Å²) in [6.45, 7) is 0. The Balaban J connectivity index is 1.99. The number of carbonyl (C=O) groups is 1. The van der Waals surface area contributed by atoms with Crippen LogP contribution < -0.4 is 0 Å². The van der Waals surface area contributed by atoms with Crippen LogP contribution in [0.4, 0.5) is 0 Å². The highest BCUT2D eigenvalue weighted by Crippen LogP contribution is 2.41. The van der Waals surface area contributed by atoms with Crippen molar-refractivity contribution in [2.75, 3.05) is 5.75 Å². The Morgan fingerprint density at radius 2 is 1.95 bits per heavy atom. The number of rotatable bonds is 5. The van der Waals surface area contributed by atoms with Crippen molar-refractivity contribution in [3.8, 4) is 0 Å². The first-order valence-corrected chi connectivity index (χ1v) is 9.13. The van der Waals surface area contributed by atoms with E-state index in [1.807, 2.05) is 17.8 Å². The maximum atomic E-state index is 10.7. The van der Waals surface area contributed by atoms with Crippen molar-refractivity contribution in [2.45, 2.75) is 41.1 Å². The molecule has 0 bridgehead atoms. The number of thioether (sulfide) groups is 2. The lowest BCUT2D eigenvalue weighted by Crippen LogP contribution is -2.25. The standard InChI is InChI=1S/C14H17BrO2S2/c15-10-5-1-2-6-11(10)19-13-8-4-3-7-12(13)18-9-14(16)17/h1-2,5-6,12-13H,3-4,7-9H2,(H,16,17). The van der Waals surface area contributed by atoms with Gasteiger partial charge in [0.2, 0.25) is 0 Å². The lowest BCUT2D eigenvalue weighted by molar-refractivity contribution is -0.133. The molecule has 0 aromatic heterocycles. The van der Waals surface area contributed by atoms with Crippen LogP contribution in [-0.2, 0) is 4.79 Å². The van der Waals surface area contributed by atoms with Gasteiger partial charge in [0.1, 0.15) is 0 Å². The normalized spacial score (nSPS) is 23.2. The topological polar surface area (TPSA) is 37.3 Å². The molecule has 0 saturated heterocycles. The second-order valence-electron chi connectivity index (χ2n) is 4.61. The first-order chi connectivity index (χ1) is 9.16. The predicted octanol–water partition coefficient (Wildman–Crippen LogP) is 4.67. The van der Waals surface area contributed by atoms with Crippen molar-refractivity contribution in [2.24, 2.45) is 0 Å². The minimum Gasteiger partial charge on any atom is -0.481 e. The van der Waals surface area contributed by atoms with Gasteiger partial charge in [-0.05, 0) is 40.9 Å². The van der Waals surface area contributed by atoms with Gasteiger partial charge in [0.25, 0.3) is 0 Å². The molecular weight excluding hydrogens is 344 g/mol. The van der Waals surface area contributed by atoms with Crippen LogP contribution in [0.25, 0.3) is 0 Å². The van der Waals surface area contributed by atoms with Crippen LogP contribution in [0.3, 0.4) is 0 Å². The Labute approximate surface area is 130 Å². The number of hydrogen-bond donors (Lipinski definition) is 1. The molecule has 2 atom stereocenters. The van der Waals surface area contributed by atoms with E-state index >= 15 is 0 Å². The molecule has 104 valence electrons.